The molecular weight excluding hydrogens is 669 g/mol. The first-order chi connectivity index (χ1) is 16.7. The lowest BCUT2D eigenvalue weighted by atomic mass is 9.84. The second-order valence-corrected chi connectivity index (χ2v) is 7.17. The molecule has 0 radical (unpaired) electrons. The number of hydrogen-bond acceptors (Lipinski definition) is 0. The molecule has 40 heavy (non-hydrogen) atoms. The van der Waals surface area contributed by atoms with Gasteiger partial charge in [0.25, 0.3) is 0 Å². The SMILES string of the molecule is FC(F)C(F)(F)C(F)(F)C(F)(F)C(F)(F)C(F)(F)C(F)(F)C(F)(F)C(F)(F)C(F)(F)C(F)(F)C(F)(F)C(F)(F)F. The highest BCUT2D eigenvalue weighted by molar-refractivity contribution is 5.19. The highest BCUT2D eigenvalue weighted by Crippen LogP contribution is 2.67. The van der Waals surface area contributed by atoms with Crippen molar-refractivity contribution in [3.63, 3.8) is 0 Å². The molecule has 0 amide bonds. The molecule has 0 nitrogen and oxygen atoms in total. The molecule has 242 valence electrons. The Morgan fingerprint density at radius 2 is 0.375 bits per heavy atom. The van der Waals surface area contributed by atoms with Crippen LogP contribution in [0.25, 0.3) is 0 Å². The summed E-state index contributed by atoms with van der Waals surface area (Å²) in [7, 11) is 0. The second kappa shape index (κ2) is 9.05. The molecule has 0 N–H and O–H groups in total. The van der Waals surface area contributed by atoms with Crippen molar-refractivity contribution in [2.75, 3.05) is 0 Å². The van der Waals surface area contributed by atoms with E-state index in [-0.39, 0.29) is 0 Å². The van der Waals surface area contributed by atoms with E-state index in [2.05, 4.69) is 0 Å². The van der Waals surface area contributed by atoms with Crippen LogP contribution in [0.15, 0.2) is 0 Å². The van der Waals surface area contributed by atoms with E-state index in [1.165, 1.54) is 0 Å². The highest BCUT2D eigenvalue weighted by atomic mass is 19.4. The summed E-state index contributed by atoms with van der Waals surface area (Å²) in [6, 6.07) is 0. The Hall–Kier alpha value is -1.89. The lowest BCUT2D eigenvalue weighted by Gasteiger charge is -2.45. The summed E-state index contributed by atoms with van der Waals surface area (Å²) < 4.78 is 348. The second-order valence-electron chi connectivity index (χ2n) is 7.17. The first-order valence-electron chi connectivity index (χ1n) is 8.20. The molecule has 0 fully saturated rings. The number of hydrogen-bond donors (Lipinski definition) is 0. The van der Waals surface area contributed by atoms with Crippen molar-refractivity contribution in [1.82, 2.24) is 0 Å². The fraction of sp³-hybridized carbons (Fsp3) is 1.00. The van der Waals surface area contributed by atoms with Crippen LogP contribution in [0, 0.1) is 0 Å². The zero-order valence-electron chi connectivity index (χ0n) is 16.8. The zero-order valence-corrected chi connectivity index (χ0v) is 16.8. The van der Waals surface area contributed by atoms with Gasteiger partial charge in [-0.2, -0.15) is 110 Å². The monoisotopic (exact) mass is 670 g/mol. The van der Waals surface area contributed by atoms with Gasteiger partial charge in [-0.05, 0) is 0 Å². The Morgan fingerprint density at radius 1 is 0.225 bits per heavy atom. The van der Waals surface area contributed by atoms with Crippen molar-refractivity contribution < 1.29 is 119 Å². The van der Waals surface area contributed by atoms with E-state index in [0.717, 1.165) is 0 Å². The van der Waals surface area contributed by atoms with E-state index >= 15 is 0 Å². The Bertz CT molecular complexity index is 915. The van der Waals surface area contributed by atoms with Crippen molar-refractivity contribution in [3.05, 3.63) is 0 Å². The first-order valence-corrected chi connectivity index (χ1v) is 8.20. The van der Waals surface area contributed by atoms with Crippen LogP contribution in [0.2, 0.25) is 0 Å². The normalized spacial score (nSPS) is 17.1. The van der Waals surface area contributed by atoms with Crippen molar-refractivity contribution in [2.24, 2.45) is 0 Å². The Morgan fingerprint density at radius 3 is 0.525 bits per heavy atom. The summed E-state index contributed by atoms with van der Waals surface area (Å²) in [6.45, 7) is 0. The third-order valence-electron chi connectivity index (χ3n) is 4.60. The highest BCUT2D eigenvalue weighted by Gasteiger charge is 2.99. The molecule has 0 aliphatic carbocycles. The van der Waals surface area contributed by atoms with E-state index in [1.807, 2.05) is 0 Å². The van der Waals surface area contributed by atoms with Crippen molar-refractivity contribution in [1.29, 1.82) is 0 Å². The maximum absolute atomic E-state index is 13.4. The third kappa shape index (κ3) is 4.19. The van der Waals surface area contributed by atoms with Gasteiger partial charge in [-0.15, -0.1) is 0 Å². The summed E-state index contributed by atoms with van der Waals surface area (Å²) in [5.41, 5.74) is 0. The molecule has 0 unspecified atom stereocenters. The van der Waals surface area contributed by atoms with Gasteiger partial charge < -0.3 is 0 Å². The minimum absolute atomic E-state index is 6.33. The molecule has 0 saturated carbocycles. The van der Waals surface area contributed by atoms with Gasteiger partial charge in [0.2, 0.25) is 0 Å². The molecule has 27 heteroatoms. The van der Waals surface area contributed by atoms with Crippen LogP contribution < -0.4 is 0 Å². The summed E-state index contributed by atoms with van der Waals surface area (Å²) in [5.74, 6) is -102. The molecule has 0 rings (SSSR count). The van der Waals surface area contributed by atoms with Gasteiger partial charge in [-0.1, -0.05) is 0 Å². The van der Waals surface area contributed by atoms with Gasteiger partial charge in [0.1, 0.15) is 0 Å². The van der Waals surface area contributed by atoms with E-state index in [9.17, 15) is 119 Å². The van der Waals surface area contributed by atoms with Gasteiger partial charge in [0.15, 0.2) is 0 Å². The predicted molar refractivity (Wildman–Crippen MR) is 66.5 cm³/mol. The topological polar surface area (TPSA) is 0 Å². The fourth-order valence-corrected chi connectivity index (χ4v) is 2.10. The molecule has 0 aliphatic heterocycles. The number of rotatable bonds is 11. The predicted octanol–water partition coefficient (Wildman–Crippen LogP) is 8.80. The smallest absolute Gasteiger partial charge is 0.203 e. The summed E-state index contributed by atoms with van der Waals surface area (Å²) in [4.78, 5) is 0. The fourth-order valence-electron chi connectivity index (χ4n) is 2.10. The van der Waals surface area contributed by atoms with E-state index in [4.69, 9.17) is 0 Å². The van der Waals surface area contributed by atoms with Crippen LogP contribution in [0.3, 0.4) is 0 Å². The van der Waals surface area contributed by atoms with Gasteiger partial charge in [0.05, 0.1) is 0 Å². The largest absolute Gasteiger partial charge is 0.460 e. The molecule has 0 aliphatic rings. The molecule has 0 aromatic carbocycles. The molecule has 0 aromatic rings. The van der Waals surface area contributed by atoms with Gasteiger partial charge >= 0.3 is 77.7 Å². The molecule has 0 heterocycles. The number of alkyl halides is 27. The van der Waals surface area contributed by atoms with Gasteiger partial charge in [-0.25, -0.2) is 8.78 Å². The first kappa shape index (κ1) is 38.1. The zero-order chi connectivity index (χ0) is 33.6. The summed E-state index contributed by atoms with van der Waals surface area (Å²) in [5, 5.41) is 0. The van der Waals surface area contributed by atoms with Gasteiger partial charge in [0, 0.05) is 0 Å². The number of halogens is 27. The summed E-state index contributed by atoms with van der Waals surface area (Å²) in [6.07, 6.45) is -14.5. The quantitative estimate of drug-likeness (QED) is 0.193. The molecule has 0 bridgehead atoms. The molecule has 0 atom stereocenters. The van der Waals surface area contributed by atoms with Crippen molar-refractivity contribution in [2.45, 2.75) is 77.7 Å². The molecular formula is C13HF27. The van der Waals surface area contributed by atoms with Crippen LogP contribution in [0.5, 0.6) is 0 Å². The Balaban J connectivity index is 7.35. The summed E-state index contributed by atoms with van der Waals surface area (Å²) >= 11 is 0. The Kier molecular flexibility index (Phi) is 8.63. The van der Waals surface area contributed by atoms with E-state index in [0.29, 0.717) is 0 Å². The minimum atomic E-state index is -9.72. The average Bonchev–Trinajstić information content (AvgIpc) is 2.71. The van der Waals surface area contributed by atoms with Crippen molar-refractivity contribution >= 4 is 0 Å². The standard InChI is InChI=1S/C13HF27/c14-1(15)2(16,17)3(18,19)4(20,21)5(22,23)6(24,25)7(26,27)8(28,29)9(30,31)10(32,33)11(34,35)12(36,37)13(38,39)40/h1H. The van der Waals surface area contributed by atoms with Crippen LogP contribution in [0.4, 0.5) is 119 Å². The molecule has 0 spiro atoms. The van der Waals surface area contributed by atoms with Crippen molar-refractivity contribution in [3.8, 4) is 0 Å². The van der Waals surface area contributed by atoms with E-state index < -0.39 is 77.7 Å². The van der Waals surface area contributed by atoms with Crippen LogP contribution >= 0.6 is 0 Å². The average molecular weight is 670 g/mol. The Labute approximate surface area is 198 Å². The third-order valence-corrected chi connectivity index (χ3v) is 4.60. The van der Waals surface area contributed by atoms with E-state index in [1.54, 1.807) is 0 Å². The maximum Gasteiger partial charge on any atom is 0.460 e. The lowest BCUT2D eigenvalue weighted by molar-refractivity contribution is -0.483. The molecule has 0 aromatic heterocycles. The lowest BCUT2D eigenvalue weighted by Crippen LogP contribution is -2.78. The van der Waals surface area contributed by atoms with Crippen LogP contribution in [0.1, 0.15) is 0 Å². The van der Waals surface area contributed by atoms with Crippen LogP contribution in [-0.4, -0.2) is 77.7 Å². The minimum Gasteiger partial charge on any atom is -0.203 e. The van der Waals surface area contributed by atoms with Crippen LogP contribution in [-0.2, 0) is 0 Å². The van der Waals surface area contributed by atoms with Gasteiger partial charge in [-0.3, -0.25) is 0 Å². The molecule has 0 saturated heterocycles. The maximum atomic E-state index is 13.4.